The Hall–Kier alpha value is -4.46. The first kappa shape index (κ1) is 30.0. The van der Waals surface area contributed by atoms with Crippen LogP contribution in [0.1, 0.15) is 41.8 Å². The van der Waals surface area contributed by atoms with Gasteiger partial charge in [-0.15, -0.1) is 0 Å². The Morgan fingerprint density at radius 3 is 2.49 bits per heavy atom. The minimum atomic E-state index is -4.94. The highest BCUT2D eigenvalue weighted by Crippen LogP contribution is 2.37. The number of halogens is 4. The van der Waals surface area contributed by atoms with Crippen molar-refractivity contribution >= 4 is 34.6 Å². The van der Waals surface area contributed by atoms with Crippen LogP contribution in [0.3, 0.4) is 0 Å². The molecule has 228 valence electrons. The molecule has 0 unspecified atom stereocenters. The Bertz CT molecular complexity index is 1610. The fraction of sp³-hybridized carbons (Fsp3) is 0.379. The fourth-order valence-corrected chi connectivity index (χ4v) is 5.52. The first-order valence-corrected chi connectivity index (χ1v) is 13.8. The Kier molecular flexibility index (Phi) is 8.14. The molecule has 2 aliphatic heterocycles. The van der Waals surface area contributed by atoms with Gasteiger partial charge in [-0.1, -0.05) is 6.08 Å². The zero-order valence-corrected chi connectivity index (χ0v) is 23.9. The Labute approximate surface area is 245 Å². The molecule has 0 aliphatic carbocycles. The number of hydrogen-bond donors (Lipinski definition) is 3. The van der Waals surface area contributed by atoms with Gasteiger partial charge in [-0.05, 0) is 51.1 Å². The number of nitrogen functional groups attached to an aromatic ring is 1. The Balaban J connectivity index is 1.52. The lowest BCUT2D eigenvalue weighted by molar-refractivity contribution is -0.138. The van der Waals surface area contributed by atoms with Crippen LogP contribution in [0.25, 0.3) is 5.57 Å². The summed E-state index contributed by atoms with van der Waals surface area (Å²) < 4.78 is 57.0. The third kappa shape index (κ3) is 6.33. The number of carbonyl (C=O) groups excluding carboxylic acids is 1. The predicted molar refractivity (Wildman–Crippen MR) is 157 cm³/mol. The lowest BCUT2D eigenvalue weighted by Gasteiger charge is -2.44. The number of anilines is 4. The molecule has 0 bridgehead atoms. The van der Waals surface area contributed by atoms with E-state index in [1.54, 1.807) is 12.3 Å². The zero-order valence-electron chi connectivity index (χ0n) is 23.9. The van der Waals surface area contributed by atoms with Crippen LogP contribution in [0.5, 0.6) is 0 Å². The summed E-state index contributed by atoms with van der Waals surface area (Å²) in [6.45, 7) is 5.97. The van der Waals surface area contributed by atoms with Crippen LogP contribution in [0.2, 0.25) is 0 Å². The molecule has 2 atom stereocenters. The summed E-state index contributed by atoms with van der Waals surface area (Å²) >= 11 is 0. The summed E-state index contributed by atoms with van der Waals surface area (Å²) in [6, 6.07) is 5.05. The molecule has 1 aromatic carbocycles. The van der Waals surface area contributed by atoms with Gasteiger partial charge in [-0.2, -0.15) is 18.2 Å². The zero-order chi connectivity index (χ0) is 31.1. The van der Waals surface area contributed by atoms with Crippen LogP contribution in [0.15, 0.2) is 47.5 Å². The summed E-state index contributed by atoms with van der Waals surface area (Å²) in [5, 5.41) is 2.59. The second-order valence-electron chi connectivity index (χ2n) is 10.9. The van der Waals surface area contributed by atoms with Gasteiger partial charge in [0.25, 0.3) is 5.91 Å². The molecule has 5 rings (SSSR count). The van der Waals surface area contributed by atoms with Crippen molar-refractivity contribution in [2.45, 2.75) is 38.5 Å². The van der Waals surface area contributed by atoms with Gasteiger partial charge < -0.3 is 25.8 Å². The van der Waals surface area contributed by atoms with Crippen LogP contribution < -0.4 is 26.4 Å². The number of piperazine rings is 1. The minimum Gasteiger partial charge on any atom is -0.368 e. The maximum atomic E-state index is 15.8. The Morgan fingerprint density at radius 1 is 1.14 bits per heavy atom. The van der Waals surface area contributed by atoms with Crippen molar-refractivity contribution in [3.05, 3.63) is 75.6 Å². The van der Waals surface area contributed by atoms with Crippen molar-refractivity contribution < 1.29 is 22.4 Å². The van der Waals surface area contributed by atoms with E-state index in [9.17, 15) is 22.8 Å². The number of pyridine rings is 1. The van der Waals surface area contributed by atoms with Crippen LogP contribution in [0, 0.1) is 5.82 Å². The van der Waals surface area contributed by atoms with Gasteiger partial charge in [-0.3, -0.25) is 14.5 Å². The summed E-state index contributed by atoms with van der Waals surface area (Å²) in [7, 11) is 1.99. The normalized spacial score (nSPS) is 19.7. The number of hydrogen-bond acceptors (Lipinski definition) is 8. The largest absolute Gasteiger partial charge is 0.417 e. The molecule has 1 fully saturated rings. The van der Waals surface area contributed by atoms with E-state index in [1.807, 2.05) is 36.8 Å². The van der Waals surface area contributed by atoms with Crippen LogP contribution >= 0.6 is 0 Å². The smallest absolute Gasteiger partial charge is 0.368 e. The number of nitrogens with zero attached hydrogens (tertiary/aromatic N) is 5. The highest BCUT2D eigenvalue weighted by atomic mass is 19.4. The van der Waals surface area contributed by atoms with Crippen LogP contribution in [-0.2, 0) is 6.18 Å². The highest BCUT2D eigenvalue weighted by molar-refractivity contribution is 6.07. The summed E-state index contributed by atoms with van der Waals surface area (Å²) in [5.41, 5.74) is 4.04. The molecule has 43 heavy (non-hydrogen) atoms. The van der Waals surface area contributed by atoms with E-state index in [4.69, 9.17) is 5.73 Å². The molecular formula is C29H32F4N8O2. The maximum absolute atomic E-state index is 15.8. The van der Waals surface area contributed by atoms with E-state index in [2.05, 4.69) is 25.2 Å². The van der Waals surface area contributed by atoms with Crippen molar-refractivity contribution in [2.24, 2.45) is 0 Å². The van der Waals surface area contributed by atoms with Crippen molar-refractivity contribution in [1.82, 2.24) is 19.9 Å². The number of alkyl halides is 3. The number of nitrogens with two attached hydrogens (primary N) is 1. The molecule has 4 N–H and O–H groups in total. The number of aromatic nitrogens is 3. The van der Waals surface area contributed by atoms with E-state index in [0.717, 1.165) is 6.20 Å². The average Bonchev–Trinajstić information content (AvgIpc) is 2.96. The lowest BCUT2D eigenvalue weighted by atomic mass is 9.96. The molecule has 2 aliphatic rings. The van der Waals surface area contributed by atoms with E-state index < -0.39 is 34.6 Å². The first-order chi connectivity index (χ1) is 20.3. The molecule has 0 radical (unpaired) electrons. The van der Waals surface area contributed by atoms with Crippen molar-refractivity contribution in [1.29, 1.82) is 0 Å². The number of amides is 1. The van der Waals surface area contributed by atoms with Gasteiger partial charge in [0.05, 0.1) is 22.5 Å². The molecule has 14 heteroatoms. The summed E-state index contributed by atoms with van der Waals surface area (Å²) in [4.78, 5) is 41.3. The summed E-state index contributed by atoms with van der Waals surface area (Å²) in [5.74, 6) is -0.828. The SMILES string of the molecule is C[C@@H]1CN(c2cc(F)c(C3=CCN(c4ccnc(N)n4)CC3)cc2NC(=O)c2c[nH]c(=O)cc2C(F)(F)F)C[C@H](C)N1C. The molecule has 10 nitrogen and oxygen atoms in total. The quantitative estimate of drug-likeness (QED) is 0.376. The van der Waals surface area contributed by atoms with Gasteiger partial charge in [0, 0.05) is 62.3 Å². The number of carbonyl (C=O) groups is 1. The average molecular weight is 601 g/mol. The van der Waals surface area contributed by atoms with Gasteiger partial charge in [0.2, 0.25) is 11.5 Å². The summed E-state index contributed by atoms with van der Waals surface area (Å²) in [6.07, 6.45) is -0.365. The molecule has 1 saturated heterocycles. The molecule has 0 saturated carbocycles. The third-order valence-electron chi connectivity index (χ3n) is 8.05. The highest BCUT2D eigenvalue weighted by Gasteiger charge is 2.36. The van der Waals surface area contributed by atoms with E-state index in [-0.39, 0.29) is 29.3 Å². The van der Waals surface area contributed by atoms with E-state index in [0.29, 0.717) is 55.7 Å². The second kappa shape index (κ2) is 11.7. The monoisotopic (exact) mass is 600 g/mol. The van der Waals surface area contributed by atoms with Crippen molar-refractivity contribution in [2.75, 3.05) is 54.1 Å². The van der Waals surface area contributed by atoms with Crippen LogP contribution in [-0.4, -0.2) is 71.1 Å². The van der Waals surface area contributed by atoms with Crippen LogP contribution in [0.4, 0.5) is 40.7 Å². The third-order valence-corrected chi connectivity index (χ3v) is 8.05. The van der Waals surface area contributed by atoms with Crippen molar-refractivity contribution in [3.63, 3.8) is 0 Å². The van der Waals surface area contributed by atoms with Crippen molar-refractivity contribution in [3.8, 4) is 0 Å². The van der Waals surface area contributed by atoms with Gasteiger partial charge in [0.15, 0.2) is 0 Å². The number of H-pyrrole nitrogens is 1. The number of nitrogens with one attached hydrogen (secondary N) is 2. The molecule has 1 amide bonds. The number of rotatable bonds is 5. The second-order valence-corrected chi connectivity index (χ2v) is 10.9. The van der Waals surface area contributed by atoms with E-state index in [1.165, 1.54) is 12.1 Å². The maximum Gasteiger partial charge on any atom is 0.417 e. The topological polar surface area (TPSA) is 123 Å². The molecule has 0 spiro atoms. The number of likely N-dealkylation sites (N-methyl/N-ethyl adjacent to an activating group) is 1. The number of aromatic amines is 1. The van der Waals surface area contributed by atoms with E-state index >= 15 is 4.39 Å². The first-order valence-electron chi connectivity index (χ1n) is 13.8. The molecule has 3 aromatic rings. The molecule has 4 heterocycles. The standard InChI is InChI=1S/C29H32F4N8O2/c1-16-14-41(15-17(2)39(16)3)24-12-22(30)19(18-5-8-40(9-6-18)25-4-7-35-28(34)38-25)10-23(24)37-27(43)20-13-36-26(42)11-21(20)29(31,32)33/h4-5,7,10-13,16-17H,6,8-9,14-15H2,1-3H3,(H,36,42)(H,37,43)(H2,34,35,38)/t16-,17+. The van der Waals surface area contributed by atoms with Gasteiger partial charge in [0.1, 0.15) is 11.6 Å². The number of benzene rings is 1. The van der Waals surface area contributed by atoms with Gasteiger partial charge >= 0.3 is 6.18 Å². The molecular weight excluding hydrogens is 568 g/mol. The predicted octanol–water partition coefficient (Wildman–Crippen LogP) is 3.98. The fourth-order valence-electron chi connectivity index (χ4n) is 5.52. The minimum absolute atomic E-state index is 0.0916. The Morgan fingerprint density at radius 2 is 1.86 bits per heavy atom. The van der Waals surface area contributed by atoms with Gasteiger partial charge in [-0.25, -0.2) is 9.37 Å². The molecule has 2 aromatic heterocycles. The lowest BCUT2D eigenvalue weighted by Crippen LogP contribution is -2.55.